The van der Waals surface area contributed by atoms with Gasteiger partial charge in [0.25, 0.3) is 0 Å². The number of hydrogen-bond acceptors (Lipinski definition) is 2. The molecule has 0 fully saturated rings. The first-order valence-electron chi connectivity index (χ1n) is 8.92. The molecule has 1 aromatic rings. The van der Waals surface area contributed by atoms with Crippen LogP contribution in [0.5, 0.6) is 0 Å². The van der Waals surface area contributed by atoms with Gasteiger partial charge >= 0.3 is 11.9 Å². The summed E-state index contributed by atoms with van der Waals surface area (Å²) in [4.78, 5) is 21.2. The minimum Gasteiger partial charge on any atom is -0.481 e. The number of aryl methyl sites for hydroxylation is 2. The number of benzene rings is 1. The number of rotatable bonds is 12. The van der Waals surface area contributed by atoms with Crippen molar-refractivity contribution in [3.05, 3.63) is 34.9 Å². The van der Waals surface area contributed by atoms with Crippen LogP contribution in [0, 0.1) is 5.92 Å². The standard InChI is InChI=1S/C20H30O4/c1-15(2)13-16-11-12-17(7-3-5-9-19(21)22)18(14-16)8-4-6-10-20(23)24/h11-12,14-15H,3-10,13H2,1-2H3,(H,21,22)(H,23,24). The average molecular weight is 334 g/mol. The quantitative estimate of drug-likeness (QED) is 0.553. The van der Waals surface area contributed by atoms with Gasteiger partial charge in [-0.3, -0.25) is 9.59 Å². The summed E-state index contributed by atoms with van der Waals surface area (Å²) in [6.45, 7) is 4.40. The molecule has 0 unspecified atom stereocenters. The summed E-state index contributed by atoms with van der Waals surface area (Å²) in [6, 6.07) is 6.60. The Morgan fingerprint density at radius 2 is 1.42 bits per heavy atom. The van der Waals surface area contributed by atoms with Crippen LogP contribution in [0.25, 0.3) is 0 Å². The Bertz CT molecular complexity index is 534. The van der Waals surface area contributed by atoms with Crippen molar-refractivity contribution in [2.75, 3.05) is 0 Å². The summed E-state index contributed by atoms with van der Waals surface area (Å²) >= 11 is 0. The molecule has 0 bridgehead atoms. The molecule has 0 heterocycles. The van der Waals surface area contributed by atoms with E-state index in [0.717, 1.165) is 32.1 Å². The molecule has 0 aliphatic carbocycles. The zero-order chi connectivity index (χ0) is 17.9. The second kappa shape index (κ2) is 10.8. The van der Waals surface area contributed by atoms with Crippen molar-refractivity contribution in [2.24, 2.45) is 5.92 Å². The number of carbonyl (C=O) groups is 2. The second-order valence-corrected chi connectivity index (χ2v) is 6.90. The van der Waals surface area contributed by atoms with Crippen LogP contribution in [0.15, 0.2) is 18.2 Å². The van der Waals surface area contributed by atoms with Crippen LogP contribution < -0.4 is 0 Å². The molecule has 0 saturated heterocycles. The number of hydrogen-bond donors (Lipinski definition) is 2. The zero-order valence-electron chi connectivity index (χ0n) is 14.9. The van der Waals surface area contributed by atoms with Crippen LogP contribution in [0.1, 0.15) is 69.1 Å². The third-order valence-corrected chi connectivity index (χ3v) is 4.09. The molecule has 1 rings (SSSR count). The molecule has 0 amide bonds. The third kappa shape index (κ3) is 8.70. The van der Waals surface area contributed by atoms with Gasteiger partial charge < -0.3 is 10.2 Å². The molecule has 0 spiro atoms. The summed E-state index contributed by atoms with van der Waals surface area (Å²) in [6.07, 6.45) is 6.42. The highest BCUT2D eigenvalue weighted by molar-refractivity contribution is 5.66. The first-order valence-corrected chi connectivity index (χ1v) is 8.92. The maximum Gasteiger partial charge on any atom is 0.303 e. The van der Waals surface area contributed by atoms with Gasteiger partial charge in [-0.25, -0.2) is 0 Å². The van der Waals surface area contributed by atoms with Crippen LogP contribution in [0.4, 0.5) is 0 Å². The van der Waals surface area contributed by atoms with Gasteiger partial charge in [-0.05, 0) is 67.6 Å². The lowest BCUT2D eigenvalue weighted by atomic mass is 9.92. The normalized spacial score (nSPS) is 11.0. The lowest BCUT2D eigenvalue weighted by molar-refractivity contribution is -0.138. The van der Waals surface area contributed by atoms with Crippen molar-refractivity contribution < 1.29 is 19.8 Å². The van der Waals surface area contributed by atoms with E-state index < -0.39 is 11.9 Å². The Morgan fingerprint density at radius 1 is 0.875 bits per heavy atom. The summed E-state index contributed by atoms with van der Waals surface area (Å²) in [7, 11) is 0. The van der Waals surface area contributed by atoms with E-state index in [1.54, 1.807) is 0 Å². The lowest BCUT2D eigenvalue weighted by Gasteiger charge is -2.13. The molecule has 0 saturated carbocycles. The van der Waals surface area contributed by atoms with E-state index in [1.165, 1.54) is 16.7 Å². The molecule has 4 heteroatoms. The number of carboxylic acids is 2. The summed E-state index contributed by atoms with van der Waals surface area (Å²) in [5.74, 6) is -0.875. The third-order valence-electron chi connectivity index (χ3n) is 4.09. The Morgan fingerprint density at radius 3 is 1.92 bits per heavy atom. The van der Waals surface area contributed by atoms with E-state index in [4.69, 9.17) is 10.2 Å². The van der Waals surface area contributed by atoms with Crippen molar-refractivity contribution in [3.63, 3.8) is 0 Å². The van der Waals surface area contributed by atoms with Gasteiger partial charge in [0, 0.05) is 12.8 Å². The molecular formula is C20H30O4. The summed E-state index contributed by atoms with van der Waals surface area (Å²) in [5.41, 5.74) is 3.91. The SMILES string of the molecule is CC(C)Cc1ccc(CCCCC(=O)O)c(CCCCC(=O)O)c1. The molecule has 2 N–H and O–H groups in total. The van der Waals surface area contributed by atoms with Gasteiger partial charge in [-0.2, -0.15) is 0 Å². The minimum atomic E-state index is -0.740. The van der Waals surface area contributed by atoms with E-state index in [0.29, 0.717) is 18.8 Å². The average Bonchev–Trinajstić information content (AvgIpc) is 2.48. The topological polar surface area (TPSA) is 74.6 Å². The molecule has 0 atom stereocenters. The number of unbranched alkanes of at least 4 members (excludes halogenated alkanes) is 2. The van der Waals surface area contributed by atoms with Crippen LogP contribution >= 0.6 is 0 Å². The molecule has 24 heavy (non-hydrogen) atoms. The maximum atomic E-state index is 10.6. The largest absolute Gasteiger partial charge is 0.481 e. The Balaban J connectivity index is 2.67. The Hall–Kier alpha value is -1.84. The van der Waals surface area contributed by atoms with Gasteiger partial charge in [0.15, 0.2) is 0 Å². The van der Waals surface area contributed by atoms with Crippen molar-refractivity contribution in [1.82, 2.24) is 0 Å². The van der Waals surface area contributed by atoms with Crippen LogP contribution in [0.2, 0.25) is 0 Å². The van der Waals surface area contributed by atoms with Gasteiger partial charge in [0.1, 0.15) is 0 Å². The van der Waals surface area contributed by atoms with Gasteiger partial charge in [0.2, 0.25) is 0 Å². The maximum absolute atomic E-state index is 10.6. The number of aliphatic carboxylic acids is 2. The van der Waals surface area contributed by atoms with Gasteiger partial charge in [-0.15, -0.1) is 0 Å². The van der Waals surface area contributed by atoms with Crippen molar-refractivity contribution >= 4 is 11.9 Å². The molecule has 1 aromatic carbocycles. The van der Waals surface area contributed by atoms with E-state index in [-0.39, 0.29) is 12.8 Å². The van der Waals surface area contributed by atoms with E-state index >= 15 is 0 Å². The molecule has 0 radical (unpaired) electrons. The highest BCUT2D eigenvalue weighted by Gasteiger charge is 2.07. The molecular weight excluding hydrogens is 304 g/mol. The van der Waals surface area contributed by atoms with E-state index in [9.17, 15) is 9.59 Å². The van der Waals surface area contributed by atoms with Crippen molar-refractivity contribution in [3.8, 4) is 0 Å². The Labute approximate surface area is 144 Å². The van der Waals surface area contributed by atoms with E-state index in [2.05, 4.69) is 32.0 Å². The lowest BCUT2D eigenvalue weighted by Crippen LogP contribution is -2.02. The second-order valence-electron chi connectivity index (χ2n) is 6.90. The van der Waals surface area contributed by atoms with Crippen LogP contribution in [0.3, 0.4) is 0 Å². The molecule has 0 aromatic heterocycles. The predicted octanol–water partition coefficient (Wildman–Crippen LogP) is 4.48. The molecule has 0 aliphatic rings. The van der Waals surface area contributed by atoms with Gasteiger partial charge in [0.05, 0.1) is 0 Å². The Kier molecular flexibility index (Phi) is 9.13. The fourth-order valence-electron chi connectivity index (χ4n) is 2.94. The van der Waals surface area contributed by atoms with E-state index in [1.807, 2.05) is 0 Å². The first-order chi connectivity index (χ1) is 11.4. The molecule has 4 nitrogen and oxygen atoms in total. The minimum absolute atomic E-state index is 0.222. The molecule has 134 valence electrons. The van der Waals surface area contributed by atoms with Crippen LogP contribution in [-0.4, -0.2) is 22.2 Å². The van der Waals surface area contributed by atoms with Crippen LogP contribution in [-0.2, 0) is 28.9 Å². The molecule has 0 aliphatic heterocycles. The predicted molar refractivity (Wildman–Crippen MR) is 95.4 cm³/mol. The summed E-state index contributed by atoms with van der Waals surface area (Å²) in [5, 5.41) is 17.5. The smallest absolute Gasteiger partial charge is 0.303 e. The zero-order valence-corrected chi connectivity index (χ0v) is 14.9. The monoisotopic (exact) mass is 334 g/mol. The fourth-order valence-corrected chi connectivity index (χ4v) is 2.94. The summed E-state index contributed by atoms with van der Waals surface area (Å²) < 4.78 is 0. The highest BCUT2D eigenvalue weighted by Crippen LogP contribution is 2.20. The number of carboxylic acid groups (broad SMARTS) is 2. The van der Waals surface area contributed by atoms with Crippen molar-refractivity contribution in [1.29, 1.82) is 0 Å². The first kappa shape index (κ1) is 20.2. The van der Waals surface area contributed by atoms with Crippen molar-refractivity contribution in [2.45, 2.75) is 71.6 Å². The highest BCUT2D eigenvalue weighted by atomic mass is 16.4. The fraction of sp³-hybridized carbons (Fsp3) is 0.600. The van der Waals surface area contributed by atoms with Gasteiger partial charge in [-0.1, -0.05) is 32.0 Å².